The minimum atomic E-state index is -3.38. The van der Waals surface area contributed by atoms with E-state index < -0.39 is 10.0 Å². The van der Waals surface area contributed by atoms with E-state index >= 15 is 0 Å². The van der Waals surface area contributed by atoms with Gasteiger partial charge in [0.2, 0.25) is 10.0 Å². The molecule has 2 heterocycles. The quantitative estimate of drug-likeness (QED) is 0.830. The number of fused-ring (bicyclic) bond motifs is 1. The highest BCUT2D eigenvalue weighted by atomic mass is 32.2. The topological polar surface area (TPSA) is 64.4 Å². The zero-order valence-electron chi connectivity index (χ0n) is 13.3. The summed E-state index contributed by atoms with van der Waals surface area (Å²) in [6.45, 7) is 1.24. The van der Waals surface area contributed by atoms with Gasteiger partial charge in [0, 0.05) is 44.9 Å². The second-order valence-electron chi connectivity index (χ2n) is 5.90. The lowest BCUT2D eigenvalue weighted by Crippen LogP contribution is -2.39. The van der Waals surface area contributed by atoms with Crippen LogP contribution in [0, 0.1) is 0 Å². The molecule has 0 spiro atoms. The Morgan fingerprint density at radius 3 is 2.74 bits per heavy atom. The van der Waals surface area contributed by atoms with Gasteiger partial charge in [0.1, 0.15) is 0 Å². The zero-order valence-corrected chi connectivity index (χ0v) is 14.2. The number of hydrogen-bond acceptors (Lipinski definition) is 4. The largest absolute Gasteiger partial charge is 0.384 e. The van der Waals surface area contributed by atoms with Gasteiger partial charge < -0.3 is 4.74 Å². The molecule has 0 N–H and O–H groups in total. The number of nitrogens with zero attached hydrogens (tertiary/aromatic N) is 3. The van der Waals surface area contributed by atoms with Gasteiger partial charge in [-0.3, -0.25) is 4.68 Å². The number of sulfonamides is 1. The standard InChI is InChI=1S/C16H21N3O3S/c1-18-8-14-9-19(10-15(11-22-2)16(14)17-18)23(20,21)12-13-6-4-3-5-7-13/h3-8,15H,9-12H2,1-2H3. The molecule has 3 rings (SSSR count). The molecule has 7 heteroatoms. The van der Waals surface area contributed by atoms with E-state index in [9.17, 15) is 8.42 Å². The van der Waals surface area contributed by atoms with E-state index in [4.69, 9.17) is 4.74 Å². The van der Waals surface area contributed by atoms with Crippen molar-refractivity contribution in [1.82, 2.24) is 14.1 Å². The molecule has 1 aromatic carbocycles. The molecule has 0 aliphatic carbocycles. The minimum Gasteiger partial charge on any atom is -0.384 e. The molecule has 1 unspecified atom stereocenters. The SMILES string of the molecule is COCC1CN(S(=O)(=O)Cc2ccccc2)Cc2cn(C)nc21. The predicted molar refractivity (Wildman–Crippen MR) is 87.3 cm³/mol. The molecule has 0 saturated heterocycles. The van der Waals surface area contributed by atoms with Gasteiger partial charge >= 0.3 is 0 Å². The van der Waals surface area contributed by atoms with Gasteiger partial charge in [-0.05, 0) is 5.56 Å². The Morgan fingerprint density at radius 1 is 1.30 bits per heavy atom. The van der Waals surface area contributed by atoms with E-state index in [0.717, 1.165) is 16.8 Å². The zero-order chi connectivity index (χ0) is 16.4. The van der Waals surface area contributed by atoms with E-state index in [0.29, 0.717) is 19.7 Å². The molecule has 1 atom stereocenters. The average molecular weight is 335 g/mol. The molecular weight excluding hydrogens is 314 g/mol. The molecule has 0 fully saturated rings. The first kappa shape index (κ1) is 16.2. The molecule has 23 heavy (non-hydrogen) atoms. The van der Waals surface area contributed by atoms with Gasteiger partial charge in [0.05, 0.1) is 18.1 Å². The van der Waals surface area contributed by atoms with Gasteiger partial charge in [-0.25, -0.2) is 8.42 Å². The summed E-state index contributed by atoms with van der Waals surface area (Å²) in [4.78, 5) is 0. The van der Waals surface area contributed by atoms with Crippen LogP contribution in [0.5, 0.6) is 0 Å². The molecule has 0 bridgehead atoms. The molecular formula is C16H21N3O3S. The number of aromatic nitrogens is 2. The van der Waals surface area contributed by atoms with Crippen LogP contribution in [0.25, 0.3) is 0 Å². The van der Waals surface area contributed by atoms with Gasteiger partial charge in [0.15, 0.2) is 0 Å². The third-order valence-corrected chi connectivity index (χ3v) is 5.81. The van der Waals surface area contributed by atoms with Crippen LogP contribution < -0.4 is 0 Å². The summed E-state index contributed by atoms with van der Waals surface area (Å²) in [5.41, 5.74) is 2.70. The normalized spacial score (nSPS) is 18.8. The molecule has 124 valence electrons. The van der Waals surface area contributed by atoms with Gasteiger partial charge in [-0.1, -0.05) is 30.3 Å². The van der Waals surface area contributed by atoms with Gasteiger partial charge in [-0.15, -0.1) is 0 Å². The Balaban J connectivity index is 1.85. The summed E-state index contributed by atoms with van der Waals surface area (Å²) < 4.78 is 34.1. The maximum atomic E-state index is 12.8. The van der Waals surface area contributed by atoms with E-state index in [1.165, 1.54) is 0 Å². The van der Waals surface area contributed by atoms with Crippen molar-refractivity contribution in [2.24, 2.45) is 7.05 Å². The number of ether oxygens (including phenoxy) is 1. The minimum absolute atomic E-state index is 0.0170. The highest BCUT2D eigenvalue weighted by molar-refractivity contribution is 7.88. The molecule has 0 saturated carbocycles. The van der Waals surface area contributed by atoms with Crippen molar-refractivity contribution < 1.29 is 13.2 Å². The van der Waals surface area contributed by atoms with Crippen molar-refractivity contribution >= 4 is 10.0 Å². The third kappa shape index (κ3) is 3.46. The number of aryl methyl sites for hydroxylation is 1. The number of hydrogen-bond donors (Lipinski definition) is 0. The van der Waals surface area contributed by atoms with Crippen molar-refractivity contribution in [3.05, 3.63) is 53.3 Å². The smallest absolute Gasteiger partial charge is 0.218 e. The first-order valence-electron chi connectivity index (χ1n) is 7.52. The van der Waals surface area contributed by atoms with E-state index in [2.05, 4.69) is 5.10 Å². The first-order valence-corrected chi connectivity index (χ1v) is 9.13. The fourth-order valence-electron chi connectivity index (χ4n) is 3.03. The van der Waals surface area contributed by atoms with Gasteiger partial charge in [0.25, 0.3) is 0 Å². The van der Waals surface area contributed by atoms with Crippen LogP contribution >= 0.6 is 0 Å². The summed E-state index contributed by atoms with van der Waals surface area (Å²) in [6.07, 6.45) is 1.89. The maximum absolute atomic E-state index is 12.8. The summed E-state index contributed by atoms with van der Waals surface area (Å²) >= 11 is 0. The Morgan fingerprint density at radius 2 is 2.04 bits per heavy atom. The fourth-order valence-corrected chi connectivity index (χ4v) is 4.57. The van der Waals surface area contributed by atoms with E-state index in [1.807, 2.05) is 43.6 Å². The summed E-state index contributed by atoms with van der Waals surface area (Å²) in [5.74, 6) is -0.0149. The van der Waals surface area contributed by atoms with Crippen LogP contribution in [-0.4, -0.2) is 42.8 Å². The van der Waals surface area contributed by atoms with Crippen LogP contribution in [0.15, 0.2) is 36.5 Å². The lowest BCUT2D eigenvalue weighted by atomic mass is 9.99. The number of methoxy groups -OCH3 is 1. The van der Waals surface area contributed by atoms with E-state index in [1.54, 1.807) is 16.1 Å². The van der Waals surface area contributed by atoms with Crippen LogP contribution in [0.2, 0.25) is 0 Å². The van der Waals surface area contributed by atoms with Crippen LogP contribution in [-0.2, 0) is 34.1 Å². The molecule has 0 amide bonds. The summed E-state index contributed by atoms with van der Waals surface area (Å²) in [7, 11) is 0.0969. The summed E-state index contributed by atoms with van der Waals surface area (Å²) in [6, 6.07) is 9.27. The second kappa shape index (κ2) is 6.43. The highest BCUT2D eigenvalue weighted by Crippen LogP contribution is 2.29. The fraction of sp³-hybridized carbons (Fsp3) is 0.438. The Bertz CT molecular complexity index is 771. The monoisotopic (exact) mass is 335 g/mol. The molecule has 1 aliphatic rings. The average Bonchev–Trinajstić information content (AvgIpc) is 2.88. The van der Waals surface area contributed by atoms with Crippen molar-refractivity contribution in [2.75, 3.05) is 20.3 Å². The van der Waals surface area contributed by atoms with Crippen LogP contribution in [0.4, 0.5) is 0 Å². The van der Waals surface area contributed by atoms with Crippen molar-refractivity contribution in [1.29, 1.82) is 0 Å². The van der Waals surface area contributed by atoms with Crippen LogP contribution in [0.3, 0.4) is 0 Å². The third-order valence-electron chi connectivity index (χ3n) is 4.05. The summed E-state index contributed by atoms with van der Waals surface area (Å²) in [5, 5.41) is 4.47. The van der Waals surface area contributed by atoms with Crippen molar-refractivity contribution in [3.8, 4) is 0 Å². The molecule has 2 aromatic rings. The first-order chi connectivity index (χ1) is 11.0. The molecule has 6 nitrogen and oxygen atoms in total. The highest BCUT2D eigenvalue weighted by Gasteiger charge is 2.34. The van der Waals surface area contributed by atoms with Gasteiger partial charge in [-0.2, -0.15) is 9.40 Å². The molecule has 0 radical (unpaired) electrons. The number of benzene rings is 1. The van der Waals surface area contributed by atoms with Crippen molar-refractivity contribution in [2.45, 2.75) is 18.2 Å². The number of rotatable bonds is 5. The maximum Gasteiger partial charge on any atom is 0.218 e. The molecule has 1 aliphatic heterocycles. The van der Waals surface area contributed by atoms with Crippen molar-refractivity contribution in [3.63, 3.8) is 0 Å². The molecule has 1 aromatic heterocycles. The lowest BCUT2D eigenvalue weighted by molar-refractivity contribution is 0.161. The Hall–Kier alpha value is -1.70. The lowest BCUT2D eigenvalue weighted by Gasteiger charge is -2.30. The Labute approximate surface area is 136 Å². The van der Waals surface area contributed by atoms with Crippen LogP contribution in [0.1, 0.15) is 22.7 Å². The van der Waals surface area contributed by atoms with E-state index in [-0.39, 0.29) is 11.7 Å². The Kier molecular flexibility index (Phi) is 4.52. The predicted octanol–water partition coefficient (Wildman–Crippen LogP) is 1.50. The second-order valence-corrected chi connectivity index (χ2v) is 7.87.